The van der Waals surface area contributed by atoms with Crippen molar-refractivity contribution in [1.29, 1.82) is 0 Å². The van der Waals surface area contributed by atoms with Crippen LogP contribution in [0, 0.1) is 0 Å². The third-order valence-corrected chi connectivity index (χ3v) is 4.24. The van der Waals surface area contributed by atoms with E-state index in [-0.39, 0.29) is 12.5 Å². The summed E-state index contributed by atoms with van der Waals surface area (Å²) in [5, 5.41) is 9.32. The first-order valence-corrected chi connectivity index (χ1v) is 8.11. The van der Waals surface area contributed by atoms with Gasteiger partial charge in [0.15, 0.2) is 0 Å². The van der Waals surface area contributed by atoms with Gasteiger partial charge in [-0.3, -0.25) is 9.78 Å². The van der Waals surface area contributed by atoms with Gasteiger partial charge in [-0.2, -0.15) is 0 Å². The van der Waals surface area contributed by atoms with Crippen LogP contribution < -0.4 is 4.74 Å². The molecule has 3 aromatic rings. The number of aromatic nitrogens is 2. The second kappa shape index (κ2) is 6.49. The monoisotopic (exact) mass is 335 g/mol. The number of nitrogens with zero attached hydrogens (tertiary/aromatic N) is 3. The number of hydrogen-bond donors (Lipinski definition) is 1. The number of aliphatic hydroxyl groups is 1. The molecule has 0 spiro atoms. The van der Waals surface area contributed by atoms with Gasteiger partial charge in [0.2, 0.25) is 0 Å². The molecule has 1 aliphatic rings. The number of benzene rings is 2. The molecule has 126 valence electrons. The lowest BCUT2D eigenvalue weighted by Gasteiger charge is -2.19. The van der Waals surface area contributed by atoms with Crippen molar-refractivity contribution in [2.45, 2.75) is 13.2 Å². The van der Waals surface area contributed by atoms with Crippen molar-refractivity contribution in [2.24, 2.45) is 0 Å². The molecule has 0 saturated heterocycles. The van der Waals surface area contributed by atoms with E-state index in [4.69, 9.17) is 4.74 Å². The number of carbonyl (C=O) groups excluding carboxylic acids is 1. The van der Waals surface area contributed by atoms with Gasteiger partial charge in [0.05, 0.1) is 30.4 Å². The van der Waals surface area contributed by atoms with Crippen molar-refractivity contribution in [3.05, 3.63) is 65.5 Å². The number of para-hydroxylation sites is 2. The van der Waals surface area contributed by atoms with Crippen LogP contribution in [-0.4, -0.2) is 39.0 Å². The normalized spacial score (nSPS) is 13.9. The second-order valence-electron chi connectivity index (χ2n) is 5.92. The standard InChI is InChI=1S/C19H17N3O3/c23-12-13-5-6-18-14(9-13)11-22(7-8-25-18)19(24)17-10-20-15-3-1-2-4-16(15)21-17/h1-6,9-10,23H,7-8,11-12H2. The van der Waals surface area contributed by atoms with Crippen LogP contribution in [0.1, 0.15) is 21.6 Å². The molecule has 6 heteroatoms. The largest absolute Gasteiger partial charge is 0.491 e. The fourth-order valence-electron chi connectivity index (χ4n) is 2.94. The van der Waals surface area contributed by atoms with Gasteiger partial charge in [-0.15, -0.1) is 0 Å². The van der Waals surface area contributed by atoms with Gasteiger partial charge in [0, 0.05) is 12.1 Å². The number of rotatable bonds is 2. The molecule has 0 fully saturated rings. The van der Waals surface area contributed by atoms with Crippen molar-refractivity contribution >= 4 is 16.9 Å². The topological polar surface area (TPSA) is 75.6 Å². The van der Waals surface area contributed by atoms with Crippen molar-refractivity contribution in [2.75, 3.05) is 13.2 Å². The summed E-state index contributed by atoms with van der Waals surface area (Å²) in [7, 11) is 0. The Bertz CT molecular complexity index is 942. The van der Waals surface area contributed by atoms with Crippen LogP contribution in [0.25, 0.3) is 11.0 Å². The maximum Gasteiger partial charge on any atom is 0.274 e. The van der Waals surface area contributed by atoms with Crippen molar-refractivity contribution in [3.63, 3.8) is 0 Å². The molecule has 1 N–H and O–H groups in total. The van der Waals surface area contributed by atoms with Gasteiger partial charge in [-0.25, -0.2) is 4.98 Å². The summed E-state index contributed by atoms with van der Waals surface area (Å²) in [6, 6.07) is 13.0. The highest BCUT2D eigenvalue weighted by molar-refractivity contribution is 5.93. The fraction of sp³-hybridized carbons (Fsp3) is 0.211. The number of carbonyl (C=O) groups is 1. The molecule has 0 aliphatic carbocycles. The summed E-state index contributed by atoms with van der Waals surface area (Å²) < 4.78 is 5.72. The minimum absolute atomic E-state index is 0.0443. The molecule has 1 aromatic heterocycles. The summed E-state index contributed by atoms with van der Waals surface area (Å²) in [6.07, 6.45) is 1.52. The predicted molar refractivity (Wildman–Crippen MR) is 92.1 cm³/mol. The third kappa shape index (κ3) is 3.04. The SMILES string of the molecule is O=C(c1cnc2ccccc2n1)N1CCOc2ccc(CO)cc2C1. The molecule has 2 aromatic carbocycles. The first kappa shape index (κ1) is 15.5. The maximum atomic E-state index is 12.9. The van der Waals surface area contributed by atoms with E-state index >= 15 is 0 Å². The molecule has 25 heavy (non-hydrogen) atoms. The van der Waals surface area contributed by atoms with E-state index in [1.807, 2.05) is 42.5 Å². The summed E-state index contributed by atoms with van der Waals surface area (Å²) >= 11 is 0. The molecule has 4 rings (SSSR count). The maximum absolute atomic E-state index is 12.9. The Morgan fingerprint density at radius 1 is 1.20 bits per heavy atom. The van der Waals surface area contributed by atoms with Crippen LogP contribution in [0.15, 0.2) is 48.7 Å². The van der Waals surface area contributed by atoms with Gasteiger partial charge >= 0.3 is 0 Å². The van der Waals surface area contributed by atoms with E-state index < -0.39 is 0 Å². The van der Waals surface area contributed by atoms with E-state index in [9.17, 15) is 9.90 Å². The minimum atomic E-state index is -0.177. The molecule has 0 unspecified atom stereocenters. The van der Waals surface area contributed by atoms with Crippen LogP contribution in [0.2, 0.25) is 0 Å². The molecule has 1 aliphatic heterocycles. The summed E-state index contributed by atoms with van der Waals surface area (Å²) in [6.45, 7) is 1.25. The highest BCUT2D eigenvalue weighted by Crippen LogP contribution is 2.25. The van der Waals surface area contributed by atoms with Gasteiger partial charge in [0.25, 0.3) is 5.91 Å². The molecule has 0 atom stereocenters. The van der Waals surface area contributed by atoms with Gasteiger partial charge in [-0.05, 0) is 29.8 Å². The smallest absolute Gasteiger partial charge is 0.274 e. The van der Waals surface area contributed by atoms with Crippen molar-refractivity contribution in [3.8, 4) is 5.75 Å². The first-order valence-electron chi connectivity index (χ1n) is 8.11. The molecule has 6 nitrogen and oxygen atoms in total. The third-order valence-electron chi connectivity index (χ3n) is 4.24. The number of ether oxygens (including phenoxy) is 1. The van der Waals surface area contributed by atoms with Gasteiger partial charge in [-0.1, -0.05) is 18.2 Å². The zero-order valence-corrected chi connectivity index (χ0v) is 13.6. The minimum Gasteiger partial charge on any atom is -0.491 e. The summed E-state index contributed by atoms with van der Waals surface area (Å²) in [5.74, 6) is 0.571. The molecule has 1 amide bonds. The number of fused-ring (bicyclic) bond motifs is 2. The molecular formula is C19H17N3O3. The average molecular weight is 335 g/mol. The van der Waals surface area contributed by atoms with Crippen molar-refractivity contribution in [1.82, 2.24) is 14.9 Å². The van der Waals surface area contributed by atoms with E-state index in [2.05, 4.69) is 9.97 Å². The van der Waals surface area contributed by atoms with Crippen LogP contribution >= 0.6 is 0 Å². The Morgan fingerprint density at radius 2 is 2.04 bits per heavy atom. The molecule has 0 radical (unpaired) electrons. The first-order chi connectivity index (χ1) is 12.2. The molecule has 0 saturated carbocycles. The van der Waals surface area contributed by atoms with Crippen LogP contribution in [0.5, 0.6) is 5.75 Å². The number of aliphatic hydroxyl groups excluding tert-OH is 1. The Balaban J connectivity index is 1.64. The van der Waals surface area contributed by atoms with Gasteiger partial charge < -0.3 is 14.7 Å². The second-order valence-corrected chi connectivity index (χ2v) is 5.92. The highest BCUT2D eigenvalue weighted by atomic mass is 16.5. The molecular weight excluding hydrogens is 318 g/mol. The van der Waals surface area contributed by atoms with E-state index in [1.165, 1.54) is 6.20 Å². The molecule has 0 bridgehead atoms. The van der Waals surface area contributed by atoms with E-state index in [0.29, 0.717) is 30.9 Å². The lowest BCUT2D eigenvalue weighted by Crippen LogP contribution is -2.33. The summed E-state index contributed by atoms with van der Waals surface area (Å²) in [4.78, 5) is 23.3. The van der Waals surface area contributed by atoms with Crippen molar-refractivity contribution < 1.29 is 14.6 Å². The van der Waals surface area contributed by atoms with E-state index in [1.54, 1.807) is 4.90 Å². The zero-order chi connectivity index (χ0) is 17.2. The Kier molecular flexibility index (Phi) is 4.03. The fourth-order valence-corrected chi connectivity index (χ4v) is 2.94. The Labute approximate surface area is 144 Å². The zero-order valence-electron chi connectivity index (χ0n) is 13.6. The average Bonchev–Trinajstić information content (AvgIpc) is 2.88. The predicted octanol–water partition coefficient (Wildman–Crippen LogP) is 2.16. The van der Waals surface area contributed by atoms with Crippen LogP contribution in [-0.2, 0) is 13.2 Å². The lowest BCUT2D eigenvalue weighted by molar-refractivity contribution is 0.0727. The highest BCUT2D eigenvalue weighted by Gasteiger charge is 2.22. The van der Waals surface area contributed by atoms with E-state index in [0.717, 1.165) is 22.4 Å². The summed E-state index contributed by atoms with van der Waals surface area (Å²) in [5.41, 5.74) is 3.45. The number of amides is 1. The van der Waals surface area contributed by atoms with Crippen LogP contribution in [0.4, 0.5) is 0 Å². The number of hydrogen-bond acceptors (Lipinski definition) is 5. The quantitative estimate of drug-likeness (QED) is 0.777. The molecule has 2 heterocycles. The lowest BCUT2D eigenvalue weighted by atomic mass is 10.1. The van der Waals surface area contributed by atoms with Gasteiger partial charge in [0.1, 0.15) is 18.1 Å². The Hall–Kier alpha value is -2.99. The van der Waals surface area contributed by atoms with Crippen LogP contribution in [0.3, 0.4) is 0 Å². The Morgan fingerprint density at radius 3 is 2.88 bits per heavy atom.